The first-order chi connectivity index (χ1) is 8.08. The van der Waals surface area contributed by atoms with Crippen molar-refractivity contribution < 1.29 is 9.13 Å². The molecule has 1 aromatic carbocycles. The molecule has 0 saturated heterocycles. The molecule has 0 bridgehead atoms. The summed E-state index contributed by atoms with van der Waals surface area (Å²) in [5.74, 6) is -0.476. The van der Waals surface area contributed by atoms with Gasteiger partial charge in [0.25, 0.3) is 0 Å². The normalized spacial score (nSPS) is 12.5. The summed E-state index contributed by atoms with van der Waals surface area (Å²) in [4.78, 5) is 0. The zero-order chi connectivity index (χ0) is 12.8. The third-order valence-electron chi connectivity index (χ3n) is 2.46. The first-order valence-electron chi connectivity index (χ1n) is 5.58. The Labute approximate surface area is 106 Å². The van der Waals surface area contributed by atoms with E-state index in [0.717, 1.165) is 12.8 Å². The molecule has 1 atom stereocenters. The monoisotopic (exact) mass is 260 g/mol. The molecule has 3 N–H and O–H groups in total. The maximum absolute atomic E-state index is 13.3. The fourth-order valence-corrected chi connectivity index (χ4v) is 1.83. The van der Waals surface area contributed by atoms with Crippen molar-refractivity contribution in [3.63, 3.8) is 0 Å². The minimum absolute atomic E-state index is 0.0341. The van der Waals surface area contributed by atoms with Crippen LogP contribution in [-0.2, 0) is 4.74 Å². The fraction of sp³-hybridized carbons (Fsp3) is 0.500. The first-order valence-corrected chi connectivity index (χ1v) is 5.96. The molecule has 0 fully saturated rings. The van der Waals surface area contributed by atoms with Crippen LogP contribution in [0, 0.1) is 5.82 Å². The lowest BCUT2D eigenvalue weighted by Crippen LogP contribution is -2.25. The number of nitrogens with one attached hydrogen (secondary N) is 1. The van der Waals surface area contributed by atoms with Gasteiger partial charge >= 0.3 is 0 Å². The standard InChI is InChI=1S/C12H18ClFN2O/c1-3-4-8(7-17-2)16-12-6-10(14)9(13)5-11(12)15/h5-6,8,16H,3-4,7,15H2,1-2H3. The van der Waals surface area contributed by atoms with Crippen molar-refractivity contribution in [3.8, 4) is 0 Å². The molecule has 0 radical (unpaired) electrons. The summed E-state index contributed by atoms with van der Waals surface area (Å²) in [6, 6.07) is 2.85. The fourth-order valence-electron chi connectivity index (χ4n) is 1.65. The SMILES string of the molecule is CCCC(COC)Nc1cc(F)c(Cl)cc1N. The summed E-state index contributed by atoms with van der Waals surface area (Å²) >= 11 is 5.64. The highest BCUT2D eigenvalue weighted by Gasteiger charge is 2.11. The highest BCUT2D eigenvalue weighted by Crippen LogP contribution is 2.27. The highest BCUT2D eigenvalue weighted by atomic mass is 35.5. The van der Waals surface area contributed by atoms with Gasteiger partial charge in [-0.25, -0.2) is 4.39 Å². The van der Waals surface area contributed by atoms with Crippen molar-refractivity contribution in [1.29, 1.82) is 0 Å². The minimum Gasteiger partial charge on any atom is -0.397 e. The topological polar surface area (TPSA) is 47.3 Å². The summed E-state index contributed by atoms with van der Waals surface area (Å²) in [6.07, 6.45) is 1.94. The van der Waals surface area contributed by atoms with Crippen LogP contribution >= 0.6 is 11.6 Å². The van der Waals surface area contributed by atoms with Crippen LogP contribution in [0.2, 0.25) is 5.02 Å². The van der Waals surface area contributed by atoms with E-state index in [1.54, 1.807) is 7.11 Å². The zero-order valence-electron chi connectivity index (χ0n) is 10.1. The summed E-state index contributed by atoms with van der Waals surface area (Å²) in [6.45, 7) is 2.63. The van der Waals surface area contributed by atoms with E-state index < -0.39 is 5.82 Å². The molecule has 0 saturated carbocycles. The Balaban J connectivity index is 2.81. The smallest absolute Gasteiger partial charge is 0.143 e. The van der Waals surface area contributed by atoms with Gasteiger partial charge in [0.2, 0.25) is 0 Å². The molecule has 0 aliphatic rings. The molecule has 0 aromatic heterocycles. The molecule has 0 heterocycles. The number of benzene rings is 1. The van der Waals surface area contributed by atoms with Crippen LogP contribution in [0.1, 0.15) is 19.8 Å². The summed E-state index contributed by atoms with van der Waals surface area (Å²) < 4.78 is 18.4. The molecule has 3 nitrogen and oxygen atoms in total. The van der Waals surface area contributed by atoms with E-state index in [9.17, 15) is 4.39 Å². The quantitative estimate of drug-likeness (QED) is 0.772. The second kappa shape index (κ2) is 6.67. The van der Waals surface area contributed by atoms with Gasteiger partial charge in [-0.3, -0.25) is 0 Å². The van der Waals surface area contributed by atoms with E-state index in [-0.39, 0.29) is 11.1 Å². The lowest BCUT2D eigenvalue weighted by atomic mass is 10.1. The van der Waals surface area contributed by atoms with Crippen molar-refractivity contribution in [2.75, 3.05) is 24.8 Å². The van der Waals surface area contributed by atoms with Crippen LogP contribution in [0.25, 0.3) is 0 Å². The highest BCUT2D eigenvalue weighted by molar-refractivity contribution is 6.31. The van der Waals surface area contributed by atoms with Gasteiger partial charge in [-0.2, -0.15) is 0 Å². The van der Waals surface area contributed by atoms with E-state index in [0.29, 0.717) is 18.0 Å². The summed E-state index contributed by atoms with van der Waals surface area (Å²) in [5.41, 5.74) is 6.77. The second-order valence-corrected chi connectivity index (χ2v) is 4.35. The molecule has 96 valence electrons. The summed E-state index contributed by atoms with van der Waals surface area (Å²) in [5, 5.41) is 3.20. The van der Waals surface area contributed by atoms with E-state index in [1.165, 1.54) is 12.1 Å². The Morgan fingerprint density at radius 3 is 2.82 bits per heavy atom. The van der Waals surface area contributed by atoms with E-state index in [1.807, 2.05) is 0 Å². The molecular weight excluding hydrogens is 243 g/mol. The largest absolute Gasteiger partial charge is 0.397 e. The lowest BCUT2D eigenvalue weighted by molar-refractivity contribution is 0.182. The molecule has 0 aliphatic carbocycles. The van der Waals surface area contributed by atoms with Gasteiger partial charge in [-0.15, -0.1) is 0 Å². The molecule has 0 aliphatic heterocycles. The number of rotatable bonds is 6. The molecule has 17 heavy (non-hydrogen) atoms. The second-order valence-electron chi connectivity index (χ2n) is 3.94. The average Bonchev–Trinajstić information content (AvgIpc) is 2.26. The maximum Gasteiger partial charge on any atom is 0.143 e. The van der Waals surface area contributed by atoms with Gasteiger partial charge in [-0.05, 0) is 12.5 Å². The van der Waals surface area contributed by atoms with Crippen molar-refractivity contribution in [1.82, 2.24) is 0 Å². The van der Waals surface area contributed by atoms with Crippen LogP contribution in [0.4, 0.5) is 15.8 Å². The van der Waals surface area contributed by atoms with Gasteiger partial charge in [0.05, 0.1) is 23.0 Å². The number of methoxy groups -OCH3 is 1. The third-order valence-corrected chi connectivity index (χ3v) is 2.75. The Kier molecular flexibility index (Phi) is 5.51. The van der Waals surface area contributed by atoms with Crippen molar-refractivity contribution >= 4 is 23.0 Å². The number of anilines is 2. The van der Waals surface area contributed by atoms with Crippen LogP contribution in [0.3, 0.4) is 0 Å². The van der Waals surface area contributed by atoms with E-state index in [4.69, 9.17) is 22.1 Å². The predicted octanol–water partition coefficient (Wildman–Crippen LogP) is 3.29. The molecule has 5 heteroatoms. The average molecular weight is 261 g/mol. The number of ether oxygens (including phenoxy) is 1. The predicted molar refractivity (Wildman–Crippen MR) is 70.0 cm³/mol. The Hall–Kier alpha value is -1.00. The molecule has 0 spiro atoms. The Morgan fingerprint density at radius 2 is 2.24 bits per heavy atom. The first kappa shape index (κ1) is 14.1. The van der Waals surface area contributed by atoms with Crippen molar-refractivity contribution in [2.24, 2.45) is 0 Å². The van der Waals surface area contributed by atoms with Gasteiger partial charge in [0.1, 0.15) is 5.82 Å². The van der Waals surface area contributed by atoms with Crippen LogP contribution in [0.15, 0.2) is 12.1 Å². The van der Waals surface area contributed by atoms with Gasteiger partial charge in [0, 0.05) is 19.2 Å². The van der Waals surface area contributed by atoms with Crippen molar-refractivity contribution in [2.45, 2.75) is 25.8 Å². The number of hydrogen-bond acceptors (Lipinski definition) is 3. The minimum atomic E-state index is -0.476. The van der Waals surface area contributed by atoms with Gasteiger partial charge in [0.15, 0.2) is 0 Å². The zero-order valence-corrected chi connectivity index (χ0v) is 10.9. The molecule has 1 unspecified atom stereocenters. The number of halogens is 2. The number of hydrogen-bond donors (Lipinski definition) is 2. The number of nitrogens with two attached hydrogens (primary N) is 1. The molecular formula is C12H18ClFN2O. The maximum atomic E-state index is 13.3. The third kappa shape index (κ3) is 4.06. The van der Waals surface area contributed by atoms with Crippen molar-refractivity contribution in [3.05, 3.63) is 23.0 Å². The summed E-state index contributed by atoms with van der Waals surface area (Å²) in [7, 11) is 1.64. The van der Waals surface area contributed by atoms with Gasteiger partial charge < -0.3 is 15.8 Å². The van der Waals surface area contributed by atoms with Crippen LogP contribution < -0.4 is 11.1 Å². The lowest BCUT2D eigenvalue weighted by Gasteiger charge is -2.20. The Bertz CT molecular complexity index is 368. The van der Waals surface area contributed by atoms with Gasteiger partial charge in [-0.1, -0.05) is 24.9 Å². The van der Waals surface area contributed by atoms with Crippen LogP contribution in [0.5, 0.6) is 0 Å². The molecule has 1 aromatic rings. The van der Waals surface area contributed by atoms with E-state index >= 15 is 0 Å². The number of nitrogen functional groups attached to an aromatic ring is 1. The van der Waals surface area contributed by atoms with E-state index in [2.05, 4.69) is 12.2 Å². The van der Waals surface area contributed by atoms with Crippen LogP contribution in [-0.4, -0.2) is 19.8 Å². The Morgan fingerprint density at radius 1 is 1.53 bits per heavy atom. The molecule has 0 amide bonds. The molecule has 1 rings (SSSR count).